The summed E-state index contributed by atoms with van der Waals surface area (Å²) in [5, 5.41) is 0. The largest absolute Gasteiger partial charge is 0.455 e. The van der Waals surface area contributed by atoms with Crippen LogP contribution in [0.4, 0.5) is 5.69 Å². The summed E-state index contributed by atoms with van der Waals surface area (Å²) in [6.07, 6.45) is 3.10. The second-order valence-electron chi connectivity index (χ2n) is 5.05. The lowest BCUT2D eigenvalue weighted by atomic mass is 10.2. The average Bonchev–Trinajstić information content (AvgIpc) is 2.50. The van der Waals surface area contributed by atoms with Crippen LogP contribution in [0.15, 0.2) is 12.4 Å². The third-order valence-electron chi connectivity index (χ3n) is 2.43. The lowest BCUT2D eigenvalue weighted by Gasteiger charge is -2.19. The van der Waals surface area contributed by atoms with Crippen LogP contribution in [-0.2, 0) is 11.8 Å². The van der Waals surface area contributed by atoms with E-state index in [1.54, 1.807) is 38.6 Å². The number of rotatable bonds is 1. The van der Waals surface area contributed by atoms with Gasteiger partial charge in [-0.3, -0.25) is 0 Å². The number of nitrogen functional groups attached to an aromatic ring is 1. The van der Waals surface area contributed by atoms with Crippen molar-refractivity contribution in [1.82, 2.24) is 14.5 Å². The van der Waals surface area contributed by atoms with Gasteiger partial charge in [0.05, 0.1) is 5.69 Å². The fourth-order valence-electron chi connectivity index (χ4n) is 1.74. The maximum Gasteiger partial charge on any atom is 0.357 e. The van der Waals surface area contributed by atoms with Crippen molar-refractivity contribution in [2.24, 2.45) is 7.05 Å². The van der Waals surface area contributed by atoms with E-state index >= 15 is 0 Å². The van der Waals surface area contributed by atoms with Gasteiger partial charge >= 0.3 is 5.97 Å². The number of anilines is 1. The molecule has 18 heavy (non-hydrogen) atoms. The van der Waals surface area contributed by atoms with E-state index in [0.717, 1.165) is 0 Å². The topological polar surface area (TPSA) is 83.0 Å². The molecule has 2 heterocycles. The van der Waals surface area contributed by atoms with E-state index < -0.39 is 11.6 Å². The summed E-state index contributed by atoms with van der Waals surface area (Å²) >= 11 is 0. The van der Waals surface area contributed by atoms with Gasteiger partial charge in [0.1, 0.15) is 11.1 Å². The zero-order valence-corrected chi connectivity index (χ0v) is 10.9. The molecule has 2 N–H and O–H groups in total. The minimum Gasteiger partial charge on any atom is -0.455 e. The van der Waals surface area contributed by atoms with Gasteiger partial charge in [-0.1, -0.05) is 0 Å². The van der Waals surface area contributed by atoms with Crippen molar-refractivity contribution in [3.05, 3.63) is 18.1 Å². The second-order valence-corrected chi connectivity index (χ2v) is 5.05. The number of hydrogen-bond acceptors (Lipinski definition) is 5. The Balaban J connectivity index is 2.55. The van der Waals surface area contributed by atoms with Gasteiger partial charge in [-0.15, -0.1) is 0 Å². The van der Waals surface area contributed by atoms with Crippen molar-refractivity contribution >= 4 is 22.8 Å². The van der Waals surface area contributed by atoms with Crippen LogP contribution >= 0.6 is 0 Å². The first-order valence-electron chi connectivity index (χ1n) is 5.59. The lowest BCUT2D eigenvalue weighted by molar-refractivity contribution is 0.00608. The van der Waals surface area contributed by atoms with E-state index in [4.69, 9.17) is 10.5 Å². The molecule has 2 rings (SSSR count). The highest BCUT2D eigenvalue weighted by Crippen LogP contribution is 2.25. The summed E-state index contributed by atoms with van der Waals surface area (Å²) in [6, 6.07) is 0. The number of nitrogens with two attached hydrogens (primary N) is 1. The van der Waals surface area contributed by atoms with Gasteiger partial charge in [0, 0.05) is 19.4 Å². The lowest BCUT2D eigenvalue weighted by Crippen LogP contribution is -2.25. The third kappa shape index (κ3) is 2.01. The fraction of sp³-hybridized carbons (Fsp3) is 0.417. The van der Waals surface area contributed by atoms with Gasteiger partial charge in [0.25, 0.3) is 0 Å². The Labute approximate surface area is 105 Å². The average molecular weight is 248 g/mol. The molecule has 0 aliphatic rings. The minimum absolute atomic E-state index is 0.283. The quantitative estimate of drug-likeness (QED) is 0.773. The first-order chi connectivity index (χ1) is 8.31. The van der Waals surface area contributed by atoms with Gasteiger partial charge in [0.15, 0.2) is 11.3 Å². The highest BCUT2D eigenvalue weighted by atomic mass is 16.6. The molecule has 2 aromatic heterocycles. The molecule has 6 nitrogen and oxygen atoms in total. The summed E-state index contributed by atoms with van der Waals surface area (Å²) in [5.41, 5.74) is 7.03. The molecular formula is C12H16N4O2. The number of ether oxygens (including phenoxy) is 1. The summed E-state index contributed by atoms with van der Waals surface area (Å²) in [6.45, 7) is 5.42. The monoisotopic (exact) mass is 248 g/mol. The second kappa shape index (κ2) is 3.97. The molecule has 0 aromatic carbocycles. The zero-order chi connectivity index (χ0) is 13.5. The molecule has 0 saturated carbocycles. The molecule has 96 valence electrons. The Bertz CT molecular complexity index is 571. The molecule has 0 amide bonds. The Kier molecular flexibility index (Phi) is 2.73. The van der Waals surface area contributed by atoms with Crippen LogP contribution < -0.4 is 5.73 Å². The predicted octanol–water partition coefficient (Wildman–Crippen LogP) is 1.51. The maximum absolute atomic E-state index is 12.1. The van der Waals surface area contributed by atoms with Crippen molar-refractivity contribution in [3.63, 3.8) is 0 Å². The van der Waals surface area contributed by atoms with Crippen molar-refractivity contribution in [1.29, 1.82) is 0 Å². The van der Waals surface area contributed by atoms with Crippen LogP contribution in [0.5, 0.6) is 0 Å². The van der Waals surface area contributed by atoms with Crippen LogP contribution in [0.1, 0.15) is 31.3 Å². The molecule has 0 fully saturated rings. The van der Waals surface area contributed by atoms with Gasteiger partial charge in [-0.25, -0.2) is 14.8 Å². The van der Waals surface area contributed by atoms with Crippen molar-refractivity contribution in [3.8, 4) is 0 Å². The molecule has 6 heteroatoms. The molecule has 0 saturated heterocycles. The van der Waals surface area contributed by atoms with Crippen LogP contribution in [0.25, 0.3) is 11.2 Å². The summed E-state index contributed by atoms with van der Waals surface area (Å²) in [4.78, 5) is 20.4. The normalized spacial score (nSPS) is 11.8. The zero-order valence-electron chi connectivity index (χ0n) is 10.9. The first-order valence-corrected chi connectivity index (χ1v) is 5.59. The van der Waals surface area contributed by atoms with E-state index in [1.807, 2.05) is 0 Å². The number of hydrogen-bond donors (Lipinski definition) is 1. The number of aromatic nitrogens is 3. The van der Waals surface area contributed by atoms with E-state index in [0.29, 0.717) is 16.9 Å². The number of carbonyl (C=O) groups excluding carboxylic acids is 1. The standard InChI is InChI=1S/C12H16N4O2/c1-12(2,3)18-11(17)9-7(13)8-10(16(9)4)15-6-5-14-8/h5-6H,13H2,1-4H3. The van der Waals surface area contributed by atoms with E-state index in [1.165, 1.54) is 6.20 Å². The molecule has 0 bridgehead atoms. The van der Waals surface area contributed by atoms with Crippen molar-refractivity contribution < 1.29 is 9.53 Å². The molecular weight excluding hydrogens is 232 g/mol. The number of carbonyl (C=O) groups is 1. The Hall–Kier alpha value is -2.11. The Morgan fingerprint density at radius 1 is 1.33 bits per heavy atom. The SMILES string of the molecule is Cn1c(C(=O)OC(C)(C)C)c(N)c2nccnc21. The predicted molar refractivity (Wildman–Crippen MR) is 68.1 cm³/mol. The maximum atomic E-state index is 12.1. The molecule has 2 aromatic rings. The molecule has 0 spiro atoms. The molecule has 0 unspecified atom stereocenters. The summed E-state index contributed by atoms with van der Waals surface area (Å²) in [7, 11) is 1.71. The Morgan fingerprint density at radius 3 is 2.50 bits per heavy atom. The number of fused-ring (bicyclic) bond motifs is 1. The Morgan fingerprint density at radius 2 is 1.94 bits per heavy atom. The van der Waals surface area contributed by atoms with Crippen LogP contribution in [-0.4, -0.2) is 26.1 Å². The molecule has 0 aliphatic carbocycles. The molecule has 0 radical (unpaired) electrons. The van der Waals surface area contributed by atoms with Gasteiger partial charge < -0.3 is 15.0 Å². The van der Waals surface area contributed by atoms with Crippen LogP contribution in [0.3, 0.4) is 0 Å². The van der Waals surface area contributed by atoms with Crippen molar-refractivity contribution in [2.45, 2.75) is 26.4 Å². The molecule has 0 atom stereocenters. The van der Waals surface area contributed by atoms with E-state index in [9.17, 15) is 4.79 Å². The summed E-state index contributed by atoms with van der Waals surface area (Å²) in [5.74, 6) is -0.470. The van der Waals surface area contributed by atoms with Gasteiger partial charge in [0.2, 0.25) is 0 Å². The number of nitrogens with zero attached hydrogens (tertiary/aromatic N) is 3. The van der Waals surface area contributed by atoms with E-state index in [2.05, 4.69) is 9.97 Å². The van der Waals surface area contributed by atoms with Crippen molar-refractivity contribution in [2.75, 3.05) is 5.73 Å². The highest BCUT2D eigenvalue weighted by molar-refractivity contribution is 6.03. The van der Waals surface area contributed by atoms with Crippen LogP contribution in [0, 0.1) is 0 Å². The number of esters is 1. The first kappa shape index (κ1) is 12.3. The number of aryl methyl sites for hydroxylation is 1. The van der Waals surface area contributed by atoms with E-state index in [-0.39, 0.29) is 5.69 Å². The van der Waals surface area contributed by atoms with Crippen LogP contribution in [0.2, 0.25) is 0 Å². The minimum atomic E-state index is -0.569. The molecule has 0 aliphatic heterocycles. The highest BCUT2D eigenvalue weighted by Gasteiger charge is 2.25. The van der Waals surface area contributed by atoms with Gasteiger partial charge in [-0.2, -0.15) is 0 Å². The fourth-order valence-corrected chi connectivity index (χ4v) is 1.74. The van der Waals surface area contributed by atoms with Gasteiger partial charge in [-0.05, 0) is 20.8 Å². The smallest absolute Gasteiger partial charge is 0.357 e. The summed E-state index contributed by atoms with van der Waals surface area (Å²) < 4.78 is 6.92. The third-order valence-corrected chi connectivity index (χ3v) is 2.43.